The SMILES string of the molecule is CCOP(=O)(OCC)C(CNc1ncc(C)s1)c1cc(C)c(O)c(OC)c1. The van der Waals surface area contributed by atoms with Crippen molar-refractivity contribution in [1.82, 2.24) is 4.98 Å². The Morgan fingerprint density at radius 3 is 2.44 bits per heavy atom. The van der Waals surface area contributed by atoms with Crippen LogP contribution in [0.15, 0.2) is 18.3 Å². The van der Waals surface area contributed by atoms with E-state index < -0.39 is 13.3 Å². The van der Waals surface area contributed by atoms with Crippen LogP contribution in [0.1, 0.15) is 35.5 Å². The summed E-state index contributed by atoms with van der Waals surface area (Å²) in [4.78, 5) is 5.37. The van der Waals surface area contributed by atoms with Gasteiger partial charge in [-0.15, -0.1) is 11.3 Å². The molecule has 1 aromatic carbocycles. The Labute approximate surface area is 164 Å². The lowest BCUT2D eigenvalue weighted by Gasteiger charge is -2.27. The number of methoxy groups -OCH3 is 1. The molecule has 2 rings (SSSR count). The lowest BCUT2D eigenvalue weighted by atomic mass is 10.1. The first kappa shape index (κ1) is 21.7. The second-order valence-corrected chi connectivity index (χ2v) is 9.39. The summed E-state index contributed by atoms with van der Waals surface area (Å²) in [6.07, 6.45) is 1.78. The quantitative estimate of drug-likeness (QED) is 0.535. The number of aromatic nitrogens is 1. The molecule has 0 amide bonds. The van der Waals surface area contributed by atoms with E-state index in [4.69, 9.17) is 13.8 Å². The molecule has 1 unspecified atom stereocenters. The zero-order valence-electron chi connectivity index (χ0n) is 16.3. The molecule has 0 saturated carbocycles. The molecule has 0 fully saturated rings. The summed E-state index contributed by atoms with van der Waals surface area (Å²) in [5.74, 6) is 0.380. The van der Waals surface area contributed by atoms with Crippen molar-refractivity contribution in [2.75, 3.05) is 32.2 Å². The fraction of sp³-hybridized carbons (Fsp3) is 0.500. The van der Waals surface area contributed by atoms with Gasteiger partial charge in [0.05, 0.1) is 20.3 Å². The summed E-state index contributed by atoms with van der Waals surface area (Å²) in [7, 11) is -1.99. The van der Waals surface area contributed by atoms with Crippen LogP contribution in [0.3, 0.4) is 0 Å². The molecular formula is C18H27N2O5PS. The van der Waals surface area contributed by atoms with Crippen LogP contribution in [-0.4, -0.2) is 37.0 Å². The van der Waals surface area contributed by atoms with E-state index >= 15 is 0 Å². The molecule has 2 aromatic rings. The Kier molecular flexibility index (Phi) is 7.68. The van der Waals surface area contributed by atoms with Gasteiger partial charge in [-0.2, -0.15) is 0 Å². The van der Waals surface area contributed by atoms with E-state index in [1.807, 2.05) is 6.92 Å². The van der Waals surface area contributed by atoms with Crippen LogP contribution >= 0.6 is 18.9 Å². The largest absolute Gasteiger partial charge is 0.504 e. The summed E-state index contributed by atoms with van der Waals surface area (Å²) in [5.41, 5.74) is 0.738. The minimum absolute atomic E-state index is 0.0613. The number of aromatic hydroxyl groups is 1. The average Bonchev–Trinajstić information content (AvgIpc) is 3.03. The number of benzene rings is 1. The number of rotatable bonds is 10. The van der Waals surface area contributed by atoms with Gasteiger partial charge in [0.15, 0.2) is 16.6 Å². The standard InChI is InChI=1S/C18H27N2O5PS/c1-6-24-26(22,25-7-2)16(11-20-18-19-10-13(4)27-18)14-8-12(3)17(21)15(9-14)23-5/h8-10,16,21H,6-7,11H2,1-5H3,(H,19,20). The molecule has 150 valence electrons. The second-order valence-electron chi connectivity index (χ2n) is 5.94. The maximum absolute atomic E-state index is 13.5. The Morgan fingerprint density at radius 2 is 1.93 bits per heavy atom. The molecule has 7 nitrogen and oxygen atoms in total. The Hall–Kier alpha value is -1.60. The number of anilines is 1. The van der Waals surface area contributed by atoms with E-state index in [-0.39, 0.29) is 19.0 Å². The van der Waals surface area contributed by atoms with E-state index in [2.05, 4.69) is 10.3 Å². The predicted molar refractivity (Wildman–Crippen MR) is 108 cm³/mol. The number of phenolic OH excluding ortho intramolecular Hbond substituents is 1. The molecule has 2 N–H and O–H groups in total. The number of aryl methyl sites for hydroxylation is 2. The first-order chi connectivity index (χ1) is 12.8. The number of nitrogens with one attached hydrogen (secondary N) is 1. The molecule has 1 atom stereocenters. The van der Waals surface area contributed by atoms with E-state index in [9.17, 15) is 9.67 Å². The topological polar surface area (TPSA) is 89.9 Å². The number of ether oxygens (including phenoxy) is 1. The van der Waals surface area contributed by atoms with Crippen LogP contribution < -0.4 is 10.1 Å². The highest BCUT2D eigenvalue weighted by Gasteiger charge is 2.37. The monoisotopic (exact) mass is 414 g/mol. The molecular weight excluding hydrogens is 387 g/mol. The molecule has 9 heteroatoms. The lowest BCUT2D eigenvalue weighted by molar-refractivity contribution is 0.213. The smallest absolute Gasteiger partial charge is 0.339 e. The van der Waals surface area contributed by atoms with Crippen LogP contribution in [0.25, 0.3) is 0 Å². The number of hydrogen-bond donors (Lipinski definition) is 2. The molecule has 0 aliphatic carbocycles. The van der Waals surface area contributed by atoms with Gasteiger partial charge in [0.25, 0.3) is 0 Å². The summed E-state index contributed by atoms with van der Waals surface area (Å²) in [5, 5.41) is 14.1. The second kappa shape index (κ2) is 9.55. The van der Waals surface area contributed by atoms with Crippen LogP contribution in [0.2, 0.25) is 0 Å². The van der Waals surface area contributed by atoms with Crippen molar-refractivity contribution < 1.29 is 23.5 Å². The summed E-state index contributed by atoms with van der Waals surface area (Å²) in [6, 6.07) is 3.45. The van der Waals surface area contributed by atoms with Gasteiger partial charge in [-0.25, -0.2) is 4.98 Å². The van der Waals surface area contributed by atoms with E-state index in [1.165, 1.54) is 18.4 Å². The van der Waals surface area contributed by atoms with Crippen LogP contribution in [0.5, 0.6) is 11.5 Å². The van der Waals surface area contributed by atoms with Crippen molar-refractivity contribution in [2.24, 2.45) is 0 Å². The maximum atomic E-state index is 13.5. The van der Waals surface area contributed by atoms with Crippen LogP contribution in [-0.2, 0) is 13.6 Å². The maximum Gasteiger partial charge on any atom is 0.339 e. The minimum atomic E-state index is -3.47. The van der Waals surface area contributed by atoms with Gasteiger partial charge < -0.3 is 24.2 Å². The van der Waals surface area contributed by atoms with Gasteiger partial charge in [-0.1, -0.05) is 6.07 Å². The predicted octanol–water partition coefficient (Wildman–Crippen LogP) is 4.89. The molecule has 0 spiro atoms. The van der Waals surface area contributed by atoms with Crippen molar-refractivity contribution >= 4 is 24.1 Å². The molecule has 0 saturated heterocycles. The van der Waals surface area contributed by atoms with Gasteiger partial charge in [-0.05, 0) is 44.9 Å². The highest BCUT2D eigenvalue weighted by molar-refractivity contribution is 7.54. The van der Waals surface area contributed by atoms with Crippen molar-refractivity contribution in [3.05, 3.63) is 34.3 Å². The van der Waals surface area contributed by atoms with Crippen LogP contribution in [0, 0.1) is 13.8 Å². The van der Waals surface area contributed by atoms with Gasteiger partial charge in [0.1, 0.15) is 5.66 Å². The number of nitrogens with zero attached hydrogens (tertiary/aromatic N) is 1. The lowest BCUT2D eigenvalue weighted by Crippen LogP contribution is -2.16. The molecule has 0 aliphatic heterocycles. The van der Waals surface area contributed by atoms with Crippen molar-refractivity contribution in [3.8, 4) is 11.5 Å². The third kappa shape index (κ3) is 5.23. The third-order valence-corrected chi connectivity index (χ3v) is 7.31. The molecule has 0 aliphatic rings. The van der Waals surface area contributed by atoms with Crippen molar-refractivity contribution in [1.29, 1.82) is 0 Å². The first-order valence-electron chi connectivity index (χ1n) is 8.77. The fourth-order valence-corrected chi connectivity index (χ4v) is 5.39. The van der Waals surface area contributed by atoms with Gasteiger partial charge in [0.2, 0.25) is 0 Å². The zero-order chi connectivity index (χ0) is 20.0. The minimum Gasteiger partial charge on any atom is -0.504 e. The Morgan fingerprint density at radius 1 is 1.26 bits per heavy atom. The van der Waals surface area contributed by atoms with Gasteiger partial charge >= 0.3 is 7.60 Å². The molecule has 0 bridgehead atoms. The molecule has 27 heavy (non-hydrogen) atoms. The van der Waals surface area contributed by atoms with Crippen molar-refractivity contribution in [3.63, 3.8) is 0 Å². The van der Waals surface area contributed by atoms with E-state index in [0.717, 1.165) is 10.0 Å². The first-order valence-corrected chi connectivity index (χ1v) is 11.2. The summed E-state index contributed by atoms with van der Waals surface area (Å²) in [6.45, 7) is 8.13. The molecule has 1 heterocycles. The molecule has 1 aromatic heterocycles. The Balaban J connectivity index is 2.44. The molecule has 0 radical (unpaired) electrons. The van der Waals surface area contributed by atoms with E-state index in [0.29, 0.717) is 23.4 Å². The fourth-order valence-electron chi connectivity index (χ4n) is 2.73. The normalized spacial score (nSPS) is 12.8. The summed E-state index contributed by atoms with van der Waals surface area (Å²) >= 11 is 1.52. The van der Waals surface area contributed by atoms with Gasteiger partial charge in [0, 0.05) is 17.6 Å². The third-order valence-electron chi connectivity index (χ3n) is 3.96. The summed E-state index contributed by atoms with van der Waals surface area (Å²) < 4.78 is 30.0. The van der Waals surface area contributed by atoms with Crippen molar-refractivity contribution in [2.45, 2.75) is 33.4 Å². The number of phenols is 1. The Bertz CT molecular complexity index is 801. The number of hydrogen-bond acceptors (Lipinski definition) is 8. The van der Waals surface area contributed by atoms with Crippen LogP contribution in [0.4, 0.5) is 5.13 Å². The van der Waals surface area contributed by atoms with E-state index in [1.54, 1.807) is 39.1 Å². The van der Waals surface area contributed by atoms with Gasteiger partial charge in [-0.3, -0.25) is 4.57 Å². The highest BCUT2D eigenvalue weighted by atomic mass is 32.1. The zero-order valence-corrected chi connectivity index (χ0v) is 18.0. The highest BCUT2D eigenvalue weighted by Crippen LogP contribution is 2.61. The number of thiazole rings is 1. The average molecular weight is 414 g/mol.